The van der Waals surface area contributed by atoms with Gasteiger partial charge in [0.15, 0.2) is 6.61 Å². The smallest absolute Gasteiger partial charge is 0.260 e. The number of fused-ring (bicyclic) bond motifs is 1. The molecule has 0 aliphatic carbocycles. The number of hydrogen-bond donors (Lipinski definition) is 1. The van der Waals surface area contributed by atoms with Crippen molar-refractivity contribution in [3.05, 3.63) is 29.3 Å². The number of rotatable bonds is 4. The lowest BCUT2D eigenvalue weighted by molar-refractivity contribution is -0.133. The highest BCUT2D eigenvalue weighted by atomic mass is 35.5. The fourth-order valence-electron chi connectivity index (χ4n) is 4.09. The highest BCUT2D eigenvalue weighted by molar-refractivity contribution is 5.85. The first-order valence-corrected chi connectivity index (χ1v) is 9.26. The SMILES string of the molecule is Cc1cc(OCC(=O)N2CC[C@@H]3CNC[C@@H]3CC2)ccc1C(C)C.Cl. The highest BCUT2D eigenvalue weighted by Crippen LogP contribution is 2.27. The van der Waals surface area contributed by atoms with Crippen LogP contribution in [0.5, 0.6) is 5.75 Å². The molecule has 5 heteroatoms. The summed E-state index contributed by atoms with van der Waals surface area (Å²) in [5, 5.41) is 3.47. The molecule has 2 aliphatic heterocycles. The summed E-state index contributed by atoms with van der Waals surface area (Å²) in [7, 11) is 0. The van der Waals surface area contributed by atoms with E-state index in [0.717, 1.165) is 56.6 Å². The molecule has 0 spiro atoms. The summed E-state index contributed by atoms with van der Waals surface area (Å²) in [5.41, 5.74) is 2.56. The summed E-state index contributed by atoms with van der Waals surface area (Å²) in [6.45, 7) is 10.6. The third kappa shape index (κ3) is 4.89. The van der Waals surface area contributed by atoms with Gasteiger partial charge < -0.3 is 15.0 Å². The van der Waals surface area contributed by atoms with Crippen molar-refractivity contribution in [2.45, 2.75) is 39.5 Å². The summed E-state index contributed by atoms with van der Waals surface area (Å²) in [4.78, 5) is 14.5. The monoisotopic (exact) mass is 366 g/mol. The van der Waals surface area contributed by atoms with E-state index < -0.39 is 0 Å². The number of nitrogens with one attached hydrogen (secondary N) is 1. The number of ether oxygens (including phenoxy) is 1. The molecule has 2 heterocycles. The second kappa shape index (κ2) is 8.91. The third-order valence-corrected chi connectivity index (χ3v) is 5.60. The number of likely N-dealkylation sites (tertiary alicyclic amines) is 1. The topological polar surface area (TPSA) is 41.6 Å². The van der Waals surface area contributed by atoms with Crippen molar-refractivity contribution < 1.29 is 9.53 Å². The fraction of sp³-hybridized carbons (Fsp3) is 0.650. The van der Waals surface area contributed by atoms with Crippen LogP contribution >= 0.6 is 12.4 Å². The van der Waals surface area contributed by atoms with E-state index in [-0.39, 0.29) is 24.9 Å². The predicted octanol–water partition coefficient (Wildman–Crippen LogP) is 3.38. The Morgan fingerprint density at radius 2 is 1.88 bits per heavy atom. The van der Waals surface area contributed by atoms with E-state index in [2.05, 4.69) is 32.2 Å². The van der Waals surface area contributed by atoms with Crippen molar-refractivity contribution in [1.29, 1.82) is 0 Å². The minimum atomic E-state index is 0. The van der Waals surface area contributed by atoms with Crippen molar-refractivity contribution >= 4 is 18.3 Å². The molecule has 0 aromatic heterocycles. The molecule has 2 fully saturated rings. The molecule has 1 amide bonds. The fourth-order valence-corrected chi connectivity index (χ4v) is 4.09. The van der Waals surface area contributed by atoms with Crippen LogP contribution in [0.25, 0.3) is 0 Å². The Balaban J connectivity index is 0.00000225. The first-order chi connectivity index (χ1) is 11.5. The minimum absolute atomic E-state index is 0. The summed E-state index contributed by atoms with van der Waals surface area (Å²) in [6, 6.07) is 6.13. The maximum absolute atomic E-state index is 12.5. The second-order valence-corrected chi connectivity index (χ2v) is 7.60. The molecule has 3 rings (SSSR count). The first kappa shape index (κ1) is 20.1. The number of nitrogens with zero attached hydrogens (tertiary/aromatic N) is 1. The van der Waals surface area contributed by atoms with E-state index in [1.807, 2.05) is 17.0 Å². The number of carbonyl (C=O) groups is 1. The molecule has 0 unspecified atom stereocenters. The van der Waals surface area contributed by atoms with Gasteiger partial charge in [0.2, 0.25) is 0 Å². The van der Waals surface area contributed by atoms with Crippen LogP contribution in [0.15, 0.2) is 18.2 Å². The van der Waals surface area contributed by atoms with Crippen LogP contribution < -0.4 is 10.1 Å². The molecular weight excluding hydrogens is 336 g/mol. The quantitative estimate of drug-likeness (QED) is 0.888. The molecule has 0 saturated carbocycles. The van der Waals surface area contributed by atoms with Gasteiger partial charge in [0, 0.05) is 13.1 Å². The van der Waals surface area contributed by atoms with Gasteiger partial charge in [0.25, 0.3) is 5.91 Å². The molecule has 0 bridgehead atoms. The molecule has 25 heavy (non-hydrogen) atoms. The van der Waals surface area contributed by atoms with Crippen molar-refractivity contribution in [3.8, 4) is 5.75 Å². The Bertz CT molecular complexity index is 577. The highest BCUT2D eigenvalue weighted by Gasteiger charge is 2.31. The van der Waals surface area contributed by atoms with E-state index in [1.54, 1.807) is 0 Å². The standard InChI is InChI=1S/C20H30N2O2.ClH/c1-14(2)19-5-4-18(10-15(19)3)24-13-20(23)22-8-6-16-11-21-12-17(16)7-9-22;/h4-5,10,14,16-17,21H,6-9,11-13H2,1-3H3;1H/t16-,17+;. The Labute approximate surface area is 157 Å². The molecular formula is C20H31ClN2O2. The van der Waals surface area contributed by atoms with Crippen LogP contribution in [0.1, 0.15) is 43.7 Å². The van der Waals surface area contributed by atoms with Crippen molar-refractivity contribution in [1.82, 2.24) is 10.2 Å². The van der Waals surface area contributed by atoms with Gasteiger partial charge in [-0.2, -0.15) is 0 Å². The molecule has 140 valence electrons. The number of aryl methyl sites for hydroxylation is 1. The van der Waals surface area contributed by atoms with Crippen LogP contribution in [0.4, 0.5) is 0 Å². The molecule has 2 saturated heterocycles. The molecule has 2 atom stereocenters. The maximum atomic E-state index is 12.5. The maximum Gasteiger partial charge on any atom is 0.260 e. The zero-order chi connectivity index (χ0) is 17.1. The Hall–Kier alpha value is -1.26. The van der Waals surface area contributed by atoms with Crippen LogP contribution in [-0.4, -0.2) is 43.6 Å². The molecule has 0 radical (unpaired) electrons. The molecule has 1 N–H and O–H groups in total. The first-order valence-electron chi connectivity index (χ1n) is 9.26. The predicted molar refractivity (Wildman–Crippen MR) is 104 cm³/mol. The summed E-state index contributed by atoms with van der Waals surface area (Å²) in [6.07, 6.45) is 2.23. The van der Waals surface area contributed by atoms with Gasteiger partial charge in [0.05, 0.1) is 0 Å². The Morgan fingerprint density at radius 1 is 1.24 bits per heavy atom. The molecule has 2 aliphatic rings. The van der Waals surface area contributed by atoms with E-state index >= 15 is 0 Å². The van der Waals surface area contributed by atoms with Crippen molar-refractivity contribution in [2.24, 2.45) is 11.8 Å². The van der Waals surface area contributed by atoms with Gasteiger partial charge in [-0.05, 0) is 73.9 Å². The number of hydrogen-bond acceptors (Lipinski definition) is 3. The van der Waals surface area contributed by atoms with E-state index in [9.17, 15) is 4.79 Å². The lowest BCUT2D eigenvalue weighted by Crippen LogP contribution is -2.36. The average Bonchev–Trinajstić information content (AvgIpc) is 2.91. The largest absolute Gasteiger partial charge is 0.484 e. The Kier molecular flexibility index (Phi) is 7.14. The van der Waals surface area contributed by atoms with Crippen LogP contribution in [0.3, 0.4) is 0 Å². The summed E-state index contributed by atoms with van der Waals surface area (Å²) < 4.78 is 5.77. The molecule has 4 nitrogen and oxygen atoms in total. The van der Waals surface area contributed by atoms with Crippen LogP contribution in [0.2, 0.25) is 0 Å². The number of amides is 1. The number of carbonyl (C=O) groups excluding carboxylic acids is 1. The normalized spacial score (nSPS) is 23.0. The van der Waals surface area contributed by atoms with E-state index in [4.69, 9.17) is 4.74 Å². The average molecular weight is 367 g/mol. The van der Waals surface area contributed by atoms with Crippen LogP contribution in [-0.2, 0) is 4.79 Å². The second-order valence-electron chi connectivity index (χ2n) is 7.60. The van der Waals surface area contributed by atoms with Gasteiger partial charge >= 0.3 is 0 Å². The molecule has 1 aromatic carbocycles. The number of benzene rings is 1. The lowest BCUT2D eigenvalue weighted by Gasteiger charge is -2.21. The van der Waals surface area contributed by atoms with E-state index in [1.165, 1.54) is 11.1 Å². The summed E-state index contributed by atoms with van der Waals surface area (Å²) in [5.74, 6) is 2.91. The van der Waals surface area contributed by atoms with Gasteiger partial charge in [-0.1, -0.05) is 19.9 Å². The van der Waals surface area contributed by atoms with Crippen molar-refractivity contribution in [2.75, 3.05) is 32.8 Å². The lowest BCUT2D eigenvalue weighted by atomic mass is 9.92. The molecule has 1 aromatic rings. The van der Waals surface area contributed by atoms with Crippen LogP contribution in [0, 0.1) is 18.8 Å². The van der Waals surface area contributed by atoms with Gasteiger partial charge in [-0.15, -0.1) is 12.4 Å². The van der Waals surface area contributed by atoms with Gasteiger partial charge in [-0.3, -0.25) is 4.79 Å². The Morgan fingerprint density at radius 3 is 2.44 bits per heavy atom. The number of halogens is 1. The zero-order valence-electron chi connectivity index (χ0n) is 15.6. The van der Waals surface area contributed by atoms with Crippen molar-refractivity contribution in [3.63, 3.8) is 0 Å². The van der Waals surface area contributed by atoms with E-state index in [0.29, 0.717) is 5.92 Å². The summed E-state index contributed by atoms with van der Waals surface area (Å²) >= 11 is 0. The van der Waals surface area contributed by atoms with Gasteiger partial charge in [0.1, 0.15) is 5.75 Å². The third-order valence-electron chi connectivity index (χ3n) is 5.60. The van der Waals surface area contributed by atoms with Gasteiger partial charge in [-0.25, -0.2) is 0 Å². The zero-order valence-corrected chi connectivity index (χ0v) is 16.4. The minimum Gasteiger partial charge on any atom is -0.484 e.